The number of ketones is 1. The molecule has 0 amide bonds. The summed E-state index contributed by atoms with van der Waals surface area (Å²) in [4.78, 5) is 20.7. The van der Waals surface area contributed by atoms with Gasteiger partial charge in [0, 0.05) is 35.3 Å². The van der Waals surface area contributed by atoms with E-state index in [-0.39, 0.29) is 30.9 Å². The van der Waals surface area contributed by atoms with Gasteiger partial charge < -0.3 is 4.74 Å². The normalized spacial score (nSPS) is 12.7. The van der Waals surface area contributed by atoms with Gasteiger partial charge in [0.15, 0.2) is 0 Å². The fourth-order valence-corrected chi connectivity index (χ4v) is 2.97. The summed E-state index contributed by atoms with van der Waals surface area (Å²) in [6.45, 7) is 0.535. The largest absolute Gasteiger partial charge is 0.481 e. The van der Waals surface area contributed by atoms with E-state index in [1.54, 1.807) is 25.4 Å². The van der Waals surface area contributed by atoms with Crippen molar-refractivity contribution in [2.75, 3.05) is 7.11 Å². The summed E-state index contributed by atoms with van der Waals surface area (Å²) in [5.41, 5.74) is 2.94. The van der Waals surface area contributed by atoms with Crippen LogP contribution in [0, 0.1) is 5.82 Å². The second-order valence-electron chi connectivity index (χ2n) is 5.57. The van der Waals surface area contributed by atoms with E-state index in [0.29, 0.717) is 28.7 Å². The van der Waals surface area contributed by atoms with Crippen molar-refractivity contribution < 1.29 is 13.9 Å². The van der Waals surface area contributed by atoms with Gasteiger partial charge in [-0.15, -0.1) is 0 Å². The molecule has 24 heavy (non-hydrogen) atoms. The highest BCUT2D eigenvalue weighted by molar-refractivity contribution is 6.31. The second kappa shape index (κ2) is 7.09. The quantitative estimate of drug-likeness (QED) is 0.832. The SMILES string of the molecule is COC1=NCc2cc(CC(=O)CCc3c(F)cccc3Cl)ncc21. The predicted molar refractivity (Wildman–Crippen MR) is 89.9 cm³/mol. The monoisotopic (exact) mass is 346 g/mol. The van der Waals surface area contributed by atoms with Gasteiger partial charge in [0.05, 0.1) is 19.2 Å². The predicted octanol–water partition coefficient (Wildman–Crippen LogP) is 3.53. The molecule has 0 saturated carbocycles. The van der Waals surface area contributed by atoms with Crippen molar-refractivity contribution in [1.29, 1.82) is 0 Å². The number of carbonyl (C=O) groups is 1. The molecule has 124 valence electrons. The Kier molecular flexibility index (Phi) is 4.90. The first kappa shape index (κ1) is 16.6. The first-order chi connectivity index (χ1) is 11.6. The highest BCUT2D eigenvalue weighted by atomic mass is 35.5. The van der Waals surface area contributed by atoms with E-state index in [1.165, 1.54) is 6.07 Å². The van der Waals surface area contributed by atoms with Gasteiger partial charge in [0.25, 0.3) is 0 Å². The molecule has 2 heterocycles. The van der Waals surface area contributed by atoms with Crippen LogP contribution in [0.2, 0.25) is 5.02 Å². The maximum Gasteiger partial charge on any atom is 0.218 e. The smallest absolute Gasteiger partial charge is 0.218 e. The van der Waals surface area contributed by atoms with Crippen molar-refractivity contribution in [3.8, 4) is 0 Å². The molecule has 0 bridgehead atoms. The highest BCUT2D eigenvalue weighted by Gasteiger charge is 2.18. The molecular formula is C18H16ClFN2O2. The molecule has 0 atom stereocenters. The Bertz CT molecular complexity index is 800. The first-order valence-corrected chi connectivity index (χ1v) is 7.97. The van der Waals surface area contributed by atoms with E-state index in [2.05, 4.69) is 9.98 Å². The molecule has 0 radical (unpaired) electrons. The van der Waals surface area contributed by atoms with Crippen molar-refractivity contribution in [1.82, 2.24) is 4.98 Å². The lowest BCUT2D eigenvalue weighted by atomic mass is 10.0. The second-order valence-corrected chi connectivity index (χ2v) is 5.98. The van der Waals surface area contributed by atoms with Crippen LogP contribution in [0.25, 0.3) is 0 Å². The Hall–Kier alpha value is -2.27. The average Bonchev–Trinajstić information content (AvgIpc) is 2.96. The number of hydrogen-bond acceptors (Lipinski definition) is 4. The number of pyridine rings is 1. The number of fused-ring (bicyclic) bond motifs is 1. The fourth-order valence-electron chi connectivity index (χ4n) is 2.71. The summed E-state index contributed by atoms with van der Waals surface area (Å²) in [5.74, 6) is 0.187. The maximum atomic E-state index is 13.7. The fraction of sp³-hybridized carbons (Fsp3) is 0.278. The lowest BCUT2D eigenvalue weighted by Crippen LogP contribution is -2.08. The lowest BCUT2D eigenvalue weighted by Gasteiger charge is -2.06. The van der Waals surface area contributed by atoms with Crippen LogP contribution in [-0.4, -0.2) is 23.8 Å². The van der Waals surface area contributed by atoms with Crippen LogP contribution in [0.3, 0.4) is 0 Å². The standard InChI is InChI=1S/C18H16ClFN2O2/c1-24-18-15-10-21-12(7-11(15)9-22-18)8-13(23)5-6-14-16(19)3-2-4-17(14)20/h2-4,7,10H,5-6,8-9H2,1H3. The number of benzene rings is 1. The molecule has 0 fully saturated rings. The van der Waals surface area contributed by atoms with E-state index in [0.717, 1.165) is 11.1 Å². The molecule has 0 unspecified atom stereocenters. The molecule has 2 aromatic rings. The molecule has 1 aromatic heterocycles. The molecule has 6 heteroatoms. The number of nitrogens with zero attached hydrogens (tertiary/aromatic N) is 2. The van der Waals surface area contributed by atoms with Crippen molar-refractivity contribution in [3.05, 3.63) is 63.7 Å². The third kappa shape index (κ3) is 3.46. The topological polar surface area (TPSA) is 51.5 Å². The molecule has 3 rings (SSSR count). The van der Waals surface area contributed by atoms with Gasteiger partial charge >= 0.3 is 0 Å². The average molecular weight is 347 g/mol. The Labute approximate surface area is 144 Å². The Morgan fingerprint density at radius 2 is 2.25 bits per heavy atom. The minimum atomic E-state index is -0.379. The van der Waals surface area contributed by atoms with E-state index in [4.69, 9.17) is 16.3 Å². The zero-order chi connectivity index (χ0) is 17.1. The lowest BCUT2D eigenvalue weighted by molar-refractivity contribution is -0.118. The van der Waals surface area contributed by atoms with E-state index < -0.39 is 0 Å². The molecule has 0 N–H and O–H groups in total. The number of aromatic nitrogens is 1. The molecule has 0 spiro atoms. The van der Waals surface area contributed by atoms with Crippen LogP contribution in [0.15, 0.2) is 35.5 Å². The van der Waals surface area contributed by atoms with Crippen LogP contribution in [0.1, 0.15) is 28.8 Å². The maximum absolute atomic E-state index is 13.7. The van der Waals surface area contributed by atoms with Crippen LogP contribution < -0.4 is 0 Å². The van der Waals surface area contributed by atoms with E-state index >= 15 is 0 Å². The van der Waals surface area contributed by atoms with Crippen molar-refractivity contribution in [2.24, 2.45) is 4.99 Å². The van der Waals surface area contributed by atoms with Crippen molar-refractivity contribution in [3.63, 3.8) is 0 Å². The summed E-state index contributed by atoms with van der Waals surface area (Å²) >= 11 is 5.98. The van der Waals surface area contributed by atoms with Crippen molar-refractivity contribution in [2.45, 2.75) is 25.8 Å². The Morgan fingerprint density at radius 3 is 3.00 bits per heavy atom. The number of carbonyl (C=O) groups excluding carboxylic acids is 1. The van der Waals surface area contributed by atoms with Gasteiger partial charge in [-0.2, -0.15) is 0 Å². The zero-order valence-corrected chi connectivity index (χ0v) is 13.9. The van der Waals surface area contributed by atoms with Gasteiger partial charge in [-0.3, -0.25) is 9.78 Å². The summed E-state index contributed by atoms with van der Waals surface area (Å²) in [6.07, 6.45) is 2.40. The van der Waals surface area contributed by atoms with E-state index in [9.17, 15) is 9.18 Å². The van der Waals surface area contributed by atoms with Gasteiger partial charge in [0.2, 0.25) is 5.90 Å². The van der Waals surface area contributed by atoms with Crippen molar-refractivity contribution >= 4 is 23.3 Å². The molecule has 0 aliphatic carbocycles. The number of ether oxygens (including phenoxy) is 1. The van der Waals surface area contributed by atoms with Crippen LogP contribution >= 0.6 is 11.6 Å². The summed E-state index contributed by atoms with van der Waals surface area (Å²) in [6, 6.07) is 6.40. The van der Waals surface area contributed by atoms with Gasteiger partial charge in [0.1, 0.15) is 11.6 Å². The number of Topliss-reactive ketones (excluding diaryl/α,β-unsaturated/α-hetero) is 1. The zero-order valence-electron chi connectivity index (χ0n) is 13.2. The molecule has 1 aliphatic heterocycles. The molecule has 1 aromatic carbocycles. The number of methoxy groups -OCH3 is 1. The third-order valence-corrected chi connectivity index (χ3v) is 4.31. The number of hydrogen-bond donors (Lipinski definition) is 0. The summed E-state index contributed by atoms with van der Waals surface area (Å²) < 4.78 is 18.9. The van der Waals surface area contributed by atoms with Crippen LogP contribution in [0.4, 0.5) is 4.39 Å². The van der Waals surface area contributed by atoms with E-state index in [1.807, 2.05) is 6.07 Å². The van der Waals surface area contributed by atoms with Gasteiger partial charge in [-0.05, 0) is 30.2 Å². The van der Waals surface area contributed by atoms with Crippen LogP contribution in [0.5, 0.6) is 0 Å². The molecule has 4 nitrogen and oxygen atoms in total. The number of halogens is 2. The summed E-state index contributed by atoms with van der Waals surface area (Å²) in [7, 11) is 1.57. The molecule has 0 saturated heterocycles. The third-order valence-electron chi connectivity index (χ3n) is 3.96. The minimum absolute atomic E-state index is 0.00681. The molecule has 1 aliphatic rings. The van der Waals surface area contributed by atoms with Gasteiger partial charge in [-0.1, -0.05) is 17.7 Å². The summed E-state index contributed by atoms with van der Waals surface area (Å²) in [5, 5.41) is 0.350. The number of rotatable bonds is 5. The van der Waals surface area contributed by atoms with Gasteiger partial charge in [-0.25, -0.2) is 9.38 Å². The minimum Gasteiger partial charge on any atom is -0.481 e. The number of aliphatic imine (C=N–C) groups is 1. The molecular weight excluding hydrogens is 331 g/mol. The Balaban J connectivity index is 1.62. The van der Waals surface area contributed by atoms with Crippen LogP contribution in [-0.2, 0) is 28.9 Å². The first-order valence-electron chi connectivity index (χ1n) is 7.59. The Morgan fingerprint density at radius 1 is 1.42 bits per heavy atom. The highest BCUT2D eigenvalue weighted by Crippen LogP contribution is 2.22.